The molecule has 0 aliphatic carbocycles. The third-order valence-electron chi connectivity index (χ3n) is 6.02. The number of piperazine rings is 1. The van der Waals surface area contributed by atoms with Crippen LogP contribution in [0.4, 0.5) is 0 Å². The summed E-state index contributed by atoms with van der Waals surface area (Å²) in [4.78, 5) is 41.7. The van der Waals surface area contributed by atoms with Crippen molar-refractivity contribution in [2.75, 3.05) is 65.4 Å². The SMILES string of the molecule is CCN1CCN([13CH2]C2CCC[15N]2CC(=O)N[13CH2][13CH2][13CH2][13C](=O)[15NH][13CH2][13CH2][13CH2][13C](=O)O)CC1. The van der Waals surface area contributed by atoms with Gasteiger partial charge in [0.15, 0.2) is 0 Å². The maximum absolute atomic E-state index is 12.3. The van der Waals surface area contributed by atoms with Gasteiger partial charge in [-0.15, -0.1) is 0 Å². The van der Waals surface area contributed by atoms with Gasteiger partial charge in [0.25, 0.3) is 0 Å². The minimum atomic E-state index is -0.855. The molecule has 0 aromatic carbocycles. The summed E-state index contributed by atoms with van der Waals surface area (Å²) in [6, 6.07) is 0.459. The van der Waals surface area contributed by atoms with Crippen molar-refractivity contribution >= 4 is 17.8 Å². The van der Waals surface area contributed by atoms with Crippen LogP contribution >= 0.6 is 0 Å². The number of likely N-dealkylation sites (tertiary alicyclic amines) is 1. The lowest BCUT2D eigenvalue weighted by atomic mass is 10.3. The molecule has 1 unspecified atom stereocenters. The van der Waals surface area contributed by atoms with Crippen LogP contribution in [0.5, 0.6) is 0 Å². The Morgan fingerprint density at radius 2 is 1.53 bits per heavy atom. The van der Waals surface area contributed by atoms with Gasteiger partial charge >= 0.3 is 5.97 Å². The molecule has 2 aliphatic rings. The number of carboxylic acids is 1. The average Bonchev–Trinajstić information content (AvgIpc) is 3.15. The van der Waals surface area contributed by atoms with Crippen molar-refractivity contribution in [1.29, 1.82) is 0 Å². The molecule has 30 heavy (non-hydrogen) atoms. The lowest BCUT2D eigenvalue weighted by Crippen LogP contribution is -2.51. The monoisotopic (exact) mass is 436 g/mol. The van der Waals surface area contributed by atoms with Crippen molar-refractivity contribution in [3.05, 3.63) is 0 Å². The Morgan fingerprint density at radius 1 is 0.900 bits per heavy atom. The predicted octanol–water partition coefficient (Wildman–Crippen LogP) is -0.0343. The Balaban J connectivity index is 1.55. The number of aliphatic carboxylic acids is 1. The normalized spacial score (nSPS) is 20.9. The first-order valence-electron chi connectivity index (χ1n) is 11.4. The van der Waals surface area contributed by atoms with E-state index < -0.39 is 5.97 Å². The van der Waals surface area contributed by atoms with Crippen LogP contribution in [0.15, 0.2) is 0 Å². The molecule has 0 bridgehead atoms. The first kappa shape index (κ1) is 24.6. The first-order chi connectivity index (χ1) is 14.5. The molecule has 2 fully saturated rings. The van der Waals surface area contributed by atoms with Gasteiger partial charge in [-0.3, -0.25) is 24.2 Å². The zero-order chi connectivity index (χ0) is 21.8. The van der Waals surface area contributed by atoms with E-state index in [4.69, 9.17) is 5.11 Å². The van der Waals surface area contributed by atoms with Gasteiger partial charge in [-0.25, -0.2) is 0 Å². The van der Waals surface area contributed by atoms with E-state index in [1.807, 2.05) is 0 Å². The van der Waals surface area contributed by atoms with Crippen LogP contribution in [-0.4, -0.2) is 109 Å². The van der Waals surface area contributed by atoms with Crippen molar-refractivity contribution in [1.82, 2.24) is 25.3 Å². The highest BCUT2D eigenvalue weighted by molar-refractivity contribution is 5.78. The number of nitrogens with zero attached hydrogens (tertiary/aromatic N) is 3. The van der Waals surface area contributed by atoms with E-state index >= 15 is 0 Å². The van der Waals surface area contributed by atoms with Gasteiger partial charge in [0.2, 0.25) is 11.8 Å². The van der Waals surface area contributed by atoms with Crippen LogP contribution in [-0.2, 0) is 14.4 Å². The molecular formula is C21H39N5O4. The number of carbonyl (C=O) groups is 3. The Morgan fingerprint density at radius 3 is 2.20 bits per heavy atom. The summed E-state index contributed by atoms with van der Waals surface area (Å²) >= 11 is 0. The smallest absolute Gasteiger partial charge is 0.303 e. The molecule has 0 radical (unpaired) electrons. The second-order valence-electron chi connectivity index (χ2n) is 8.30. The van der Waals surface area contributed by atoms with Gasteiger partial charge in [-0.2, -0.15) is 0 Å². The second-order valence-corrected chi connectivity index (χ2v) is 8.30. The van der Waals surface area contributed by atoms with Gasteiger partial charge in [-0.1, -0.05) is 6.92 Å². The maximum Gasteiger partial charge on any atom is 0.303 e. The first-order valence-corrected chi connectivity index (χ1v) is 11.4. The molecule has 1 atom stereocenters. The van der Waals surface area contributed by atoms with Gasteiger partial charge < -0.3 is 20.6 Å². The topological polar surface area (TPSA) is 105 Å². The van der Waals surface area contributed by atoms with Crippen LogP contribution in [0.25, 0.3) is 0 Å². The van der Waals surface area contributed by atoms with Gasteiger partial charge in [0, 0.05) is 64.7 Å². The van der Waals surface area contributed by atoms with E-state index in [0.29, 0.717) is 44.9 Å². The number of carbonyl (C=O) groups excluding carboxylic acids is 2. The summed E-state index contributed by atoms with van der Waals surface area (Å²) < 4.78 is 0. The lowest BCUT2D eigenvalue weighted by Gasteiger charge is -2.37. The third-order valence-corrected chi connectivity index (χ3v) is 6.02. The minimum absolute atomic E-state index is 0.0274. The van der Waals surface area contributed by atoms with E-state index in [2.05, 4.69) is 32.3 Å². The Bertz CT molecular complexity index is 552. The standard InChI is InChI=1S/C21H39N5O4/c1-2-24-12-14-25(15-13-24)16-18-6-5-11-26(18)17-20(28)23-9-3-7-19(27)22-10-4-8-21(29)30/h18H,2-17H2,1H3,(H,22,27)(H,23,28)(H,29,30)/i3+1,4+1,7+1,8+1,9+1,10+1,16+1,19+1,21+1,22+1,26+1. The van der Waals surface area contributed by atoms with E-state index in [0.717, 1.165) is 58.7 Å². The number of hydrogen-bond acceptors (Lipinski definition) is 6. The Labute approximate surface area is 180 Å². The predicted molar refractivity (Wildman–Crippen MR) is 115 cm³/mol. The van der Waals surface area contributed by atoms with Crippen molar-refractivity contribution in [3.63, 3.8) is 0 Å². The van der Waals surface area contributed by atoms with Crippen molar-refractivity contribution in [3.8, 4) is 0 Å². The molecule has 9 heteroatoms. The fraction of sp³-hybridized carbons (Fsp3) is 0.857. The highest BCUT2D eigenvalue weighted by atomic mass is 16.5. The summed E-state index contributed by atoms with van der Waals surface area (Å²) in [5, 5.41) is 14.2. The fourth-order valence-corrected chi connectivity index (χ4v) is 4.17. The highest BCUT2D eigenvalue weighted by Crippen LogP contribution is 2.18. The third kappa shape index (κ3) is 9.40. The van der Waals surface area contributed by atoms with Crippen LogP contribution in [0, 0.1) is 0 Å². The van der Waals surface area contributed by atoms with Crippen LogP contribution in [0.3, 0.4) is 0 Å². The number of likely N-dealkylation sites (N-methyl/N-ethyl adjacent to an activating group) is 1. The van der Waals surface area contributed by atoms with Crippen LogP contribution < -0.4 is 10.6 Å². The number of amides is 2. The lowest BCUT2D eigenvalue weighted by molar-refractivity contribution is -0.137. The molecule has 2 heterocycles. The largest absolute Gasteiger partial charge is 0.481 e. The highest BCUT2D eigenvalue weighted by Gasteiger charge is 2.28. The van der Waals surface area contributed by atoms with Gasteiger partial charge in [-0.05, 0) is 38.8 Å². The molecule has 3 N–H and O–H groups in total. The van der Waals surface area contributed by atoms with Gasteiger partial charge in [0.05, 0.1) is 6.54 Å². The van der Waals surface area contributed by atoms with Crippen molar-refractivity contribution in [2.45, 2.75) is 51.5 Å². The molecule has 0 spiro atoms. The Hall–Kier alpha value is -1.71. The molecule has 0 aromatic rings. The van der Waals surface area contributed by atoms with Crippen molar-refractivity contribution < 1.29 is 19.5 Å². The molecule has 2 saturated heterocycles. The van der Waals surface area contributed by atoms with Crippen LogP contribution in [0.2, 0.25) is 0 Å². The molecule has 9 nitrogen and oxygen atoms in total. The molecule has 0 aromatic heterocycles. The quantitative estimate of drug-likeness (QED) is 0.211. The number of carboxylic acid groups (broad SMARTS) is 1. The fourth-order valence-electron chi connectivity index (χ4n) is 4.17. The molecule has 2 rings (SSSR count). The summed E-state index contributed by atoms with van der Waals surface area (Å²) in [7, 11) is 0. The van der Waals surface area contributed by atoms with E-state index in [9.17, 15) is 14.4 Å². The average molecular weight is 436 g/mol. The zero-order valence-electron chi connectivity index (χ0n) is 18.4. The Kier molecular flexibility index (Phi) is 11.1. The van der Waals surface area contributed by atoms with E-state index in [1.165, 1.54) is 0 Å². The van der Waals surface area contributed by atoms with E-state index in [1.54, 1.807) is 0 Å². The molecular weight excluding hydrogens is 397 g/mol. The summed E-state index contributed by atoms with van der Waals surface area (Å²) in [6.07, 6.45) is 3.72. The maximum atomic E-state index is 12.3. The molecule has 0 saturated carbocycles. The van der Waals surface area contributed by atoms with E-state index in [-0.39, 0.29) is 18.2 Å². The van der Waals surface area contributed by atoms with Crippen molar-refractivity contribution in [2.24, 2.45) is 0 Å². The molecule has 2 aliphatic heterocycles. The number of rotatable bonds is 13. The molecule has 2 amide bonds. The number of nitrogens with one attached hydrogen (secondary N) is 2. The summed E-state index contributed by atoms with van der Waals surface area (Å²) in [5.74, 6) is -0.928. The number of hydrogen-bond donors (Lipinski definition) is 3. The zero-order valence-corrected chi connectivity index (χ0v) is 18.4. The minimum Gasteiger partial charge on any atom is -0.481 e. The second kappa shape index (κ2) is 13.6. The molecule has 172 valence electrons. The van der Waals surface area contributed by atoms with Crippen LogP contribution in [0.1, 0.15) is 45.4 Å². The summed E-state index contributed by atoms with van der Waals surface area (Å²) in [6.45, 7) is 11.1. The summed E-state index contributed by atoms with van der Waals surface area (Å²) in [5.41, 5.74) is 0. The van der Waals surface area contributed by atoms with Gasteiger partial charge in [0.1, 0.15) is 0 Å².